The van der Waals surface area contributed by atoms with Crippen molar-refractivity contribution in [1.29, 1.82) is 0 Å². The smallest absolute Gasteiger partial charge is 0.294 e. The van der Waals surface area contributed by atoms with Gasteiger partial charge in [-0.25, -0.2) is 9.47 Å². The zero-order valence-electron chi connectivity index (χ0n) is 7.20. The van der Waals surface area contributed by atoms with Crippen LogP contribution in [0.3, 0.4) is 0 Å². The van der Waals surface area contributed by atoms with Gasteiger partial charge >= 0.3 is 24.7 Å². The van der Waals surface area contributed by atoms with Gasteiger partial charge in [-0.15, -0.1) is 13.2 Å². The monoisotopic (exact) mass is 280 g/mol. The lowest BCUT2D eigenvalue weighted by molar-refractivity contribution is -0.523. The molecule has 0 aliphatic heterocycles. The van der Waals surface area contributed by atoms with Crippen molar-refractivity contribution >= 4 is 6.29 Å². The van der Waals surface area contributed by atoms with Crippen molar-refractivity contribution in [3.8, 4) is 0 Å². The average Bonchev–Trinajstić information content (AvgIpc) is 1.97. The molecule has 3 nitrogen and oxygen atoms in total. The van der Waals surface area contributed by atoms with Gasteiger partial charge < -0.3 is 0 Å². The van der Waals surface area contributed by atoms with Gasteiger partial charge in [-0.05, 0) is 0 Å². The van der Waals surface area contributed by atoms with Crippen molar-refractivity contribution < 1.29 is 53.8 Å². The van der Waals surface area contributed by atoms with E-state index in [1.54, 1.807) is 4.74 Å². The van der Waals surface area contributed by atoms with Gasteiger partial charge in [0.25, 0.3) is 0 Å². The van der Waals surface area contributed by atoms with E-state index in [1.807, 2.05) is 4.74 Å². The summed E-state index contributed by atoms with van der Waals surface area (Å²) in [5, 5.41) is 0. The van der Waals surface area contributed by atoms with Crippen LogP contribution in [0.15, 0.2) is 0 Å². The molecule has 0 saturated heterocycles. The predicted octanol–water partition coefficient (Wildman–Crippen LogP) is 2.52. The Morgan fingerprint density at radius 1 is 0.706 bits per heavy atom. The highest BCUT2D eigenvalue weighted by Crippen LogP contribution is 2.42. The molecule has 0 aromatic rings. The molecule has 17 heavy (non-hydrogen) atoms. The Bertz CT molecular complexity index is 283. The predicted molar refractivity (Wildman–Crippen MR) is 29.1 cm³/mol. The molecular formula is C5HF9O3. The minimum absolute atomic E-state index is 1.61. The fourth-order valence-electron chi connectivity index (χ4n) is 0.459. The van der Waals surface area contributed by atoms with E-state index in [2.05, 4.69) is 0 Å². The molecular weight excluding hydrogens is 279 g/mol. The number of aldehydes is 1. The molecule has 0 rings (SSSR count). The summed E-state index contributed by atoms with van der Waals surface area (Å²) in [4.78, 5) is 9.40. The van der Waals surface area contributed by atoms with Gasteiger partial charge in [0.1, 0.15) is 0 Å². The fraction of sp³-hybridized carbons (Fsp3) is 0.800. The minimum Gasteiger partial charge on any atom is -0.294 e. The van der Waals surface area contributed by atoms with Gasteiger partial charge in [0.15, 0.2) is 0 Å². The van der Waals surface area contributed by atoms with Crippen LogP contribution in [0.2, 0.25) is 0 Å². The SMILES string of the molecule is O=CC(F)(F)OC(F)(F)C(F)(F)OC(F)(F)F. The molecule has 0 amide bonds. The van der Waals surface area contributed by atoms with E-state index < -0.39 is 31.0 Å². The molecule has 0 unspecified atom stereocenters. The van der Waals surface area contributed by atoms with Crippen LogP contribution < -0.4 is 0 Å². The van der Waals surface area contributed by atoms with Gasteiger partial charge in [-0.1, -0.05) is 0 Å². The van der Waals surface area contributed by atoms with Crippen molar-refractivity contribution in [2.24, 2.45) is 0 Å². The molecule has 0 aromatic carbocycles. The molecule has 0 aliphatic carbocycles. The van der Waals surface area contributed by atoms with Gasteiger partial charge in [-0.3, -0.25) is 4.79 Å². The zero-order chi connectivity index (χ0) is 14.1. The number of carbonyl (C=O) groups is 1. The van der Waals surface area contributed by atoms with E-state index in [0.29, 0.717) is 0 Å². The largest absolute Gasteiger partial charge is 0.527 e. The Morgan fingerprint density at radius 2 is 1.06 bits per heavy atom. The molecule has 0 radical (unpaired) electrons. The Labute approximate surface area is 86.1 Å². The van der Waals surface area contributed by atoms with Gasteiger partial charge in [0.2, 0.25) is 6.29 Å². The minimum atomic E-state index is -6.43. The molecule has 12 heteroatoms. The molecule has 102 valence electrons. The maximum Gasteiger partial charge on any atom is 0.527 e. The average molecular weight is 280 g/mol. The Hall–Kier alpha value is -1.04. The van der Waals surface area contributed by atoms with Crippen LogP contribution in [0.5, 0.6) is 0 Å². The second-order valence-corrected chi connectivity index (χ2v) is 2.36. The topological polar surface area (TPSA) is 35.5 Å². The molecule has 0 saturated carbocycles. The zero-order valence-corrected chi connectivity index (χ0v) is 7.20. The van der Waals surface area contributed by atoms with Crippen molar-refractivity contribution in [3.05, 3.63) is 0 Å². The Morgan fingerprint density at radius 3 is 1.35 bits per heavy atom. The van der Waals surface area contributed by atoms with Gasteiger partial charge in [0, 0.05) is 0 Å². The molecule has 0 bridgehead atoms. The molecule has 0 fully saturated rings. The highest BCUT2D eigenvalue weighted by Gasteiger charge is 2.67. The summed E-state index contributed by atoms with van der Waals surface area (Å²) in [6.45, 7) is 0. The van der Waals surface area contributed by atoms with Gasteiger partial charge in [-0.2, -0.15) is 26.3 Å². The summed E-state index contributed by atoms with van der Waals surface area (Å²) in [6, 6.07) is 0. The fourth-order valence-corrected chi connectivity index (χ4v) is 0.459. The lowest BCUT2D eigenvalue weighted by Gasteiger charge is -2.27. The van der Waals surface area contributed by atoms with Crippen molar-refractivity contribution in [2.75, 3.05) is 0 Å². The van der Waals surface area contributed by atoms with Crippen LogP contribution >= 0.6 is 0 Å². The molecule has 0 spiro atoms. The van der Waals surface area contributed by atoms with Crippen LogP contribution in [0, 0.1) is 0 Å². The quantitative estimate of drug-likeness (QED) is 0.573. The molecule has 0 aromatic heterocycles. The third kappa shape index (κ3) is 4.77. The van der Waals surface area contributed by atoms with Crippen molar-refractivity contribution in [3.63, 3.8) is 0 Å². The highest BCUT2D eigenvalue weighted by atomic mass is 19.4. The third-order valence-electron chi connectivity index (χ3n) is 0.984. The van der Waals surface area contributed by atoms with E-state index in [9.17, 15) is 44.3 Å². The standard InChI is InChI=1S/C5HF9O3/c6-2(7,1-15)16-3(8,9)4(10,11)17-5(12,13)14/h1H. The number of hydrogen-bond donors (Lipinski definition) is 0. The first kappa shape index (κ1) is 16.0. The van der Waals surface area contributed by atoms with Crippen LogP contribution in [0.4, 0.5) is 39.5 Å². The Kier molecular flexibility index (Phi) is 4.06. The third-order valence-corrected chi connectivity index (χ3v) is 0.984. The number of ether oxygens (including phenoxy) is 2. The van der Waals surface area contributed by atoms with E-state index >= 15 is 0 Å². The first-order chi connectivity index (χ1) is 7.22. The summed E-state index contributed by atoms with van der Waals surface area (Å²) in [5.41, 5.74) is 0. The number of hydrogen-bond acceptors (Lipinski definition) is 3. The van der Waals surface area contributed by atoms with Crippen LogP contribution in [-0.4, -0.2) is 31.0 Å². The Balaban J connectivity index is 4.97. The van der Waals surface area contributed by atoms with Crippen molar-refractivity contribution in [2.45, 2.75) is 24.7 Å². The number of rotatable bonds is 5. The first-order valence-electron chi connectivity index (χ1n) is 3.29. The molecule has 0 aliphatic rings. The second kappa shape index (κ2) is 4.33. The summed E-state index contributed by atoms with van der Waals surface area (Å²) < 4.78 is 110. The second-order valence-electron chi connectivity index (χ2n) is 2.36. The number of alkyl halides is 9. The van der Waals surface area contributed by atoms with E-state index in [-0.39, 0.29) is 0 Å². The number of halogens is 9. The summed E-state index contributed by atoms with van der Waals surface area (Å²) in [5.74, 6) is 0. The number of carbonyl (C=O) groups excluding carboxylic acids is 1. The maximum absolute atomic E-state index is 12.2. The van der Waals surface area contributed by atoms with Crippen molar-refractivity contribution in [1.82, 2.24) is 0 Å². The highest BCUT2D eigenvalue weighted by molar-refractivity contribution is 5.57. The van der Waals surface area contributed by atoms with E-state index in [0.717, 1.165) is 0 Å². The lowest BCUT2D eigenvalue weighted by Crippen LogP contribution is -2.51. The molecule has 0 atom stereocenters. The molecule has 0 N–H and O–H groups in total. The molecule has 0 heterocycles. The summed E-state index contributed by atoms with van der Waals surface area (Å²) in [6.07, 6.45) is -26.0. The van der Waals surface area contributed by atoms with Crippen LogP contribution in [-0.2, 0) is 14.3 Å². The van der Waals surface area contributed by atoms with Gasteiger partial charge in [0.05, 0.1) is 0 Å². The first-order valence-corrected chi connectivity index (χ1v) is 3.29. The summed E-state index contributed by atoms with van der Waals surface area (Å²) >= 11 is 0. The van der Waals surface area contributed by atoms with Crippen LogP contribution in [0.1, 0.15) is 0 Å². The normalized spacial score (nSPS) is 14.9. The van der Waals surface area contributed by atoms with Crippen LogP contribution in [0.25, 0.3) is 0 Å². The van der Waals surface area contributed by atoms with E-state index in [4.69, 9.17) is 0 Å². The lowest BCUT2D eigenvalue weighted by atomic mass is 10.5. The summed E-state index contributed by atoms with van der Waals surface area (Å²) in [7, 11) is 0. The van der Waals surface area contributed by atoms with E-state index in [1.165, 1.54) is 0 Å². The maximum atomic E-state index is 12.2.